The van der Waals surface area contributed by atoms with Crippen molar-refractivity contribution in [3.63, 3.8) is 0 Å². The van der Waals surface area contributed by atoms with Gasteiger partial charge in [-0.15, -0.1) is 0 Å². The molecule has 0 spiro atoms. The number of ether oxygens (including phenoxy) is 1. The number of hydrogen-bond acceptors (Lipinski definition) is 3. The fourth-order valence-corrected chi connectivity index (χ4v) is 2.76. The van der Waals surface area contributed by atoms with E-state index in [4.69, 9.17) is 11.6 Å². The number of hydrogen-bond donors (Lipinski definition) is 1. The van der Waals surface area contributed by atoms with Gasteiger partial charge in [0, 0.05) is 17.1 Å². The highest BCUT2D eigenvalue weighted by molar-refractivity contribution is 6.30. The molecule has 1 heterocycles. The highest BCUT2D eigenvalue weighted by Crippen LogP contribution is 2.28. The molecule has 1 atom stereocenters. The second-order valence-corrected chi connectivity index (χ2v) is 5.39. The summed E-state index contributed by atoms with van der Waals surface area (Å²) in [4.78, 5) is 13.0. The van der Waals surface area contributed by atoms with Crippen LogP contribution in [0.1, 0.15) is 24.8 Å². The van der Waals surface area contributed by atoms with Crippen molar-refractivity contribution in [1.29, 1.82) is 0 Å². The molecule has 0 amide bonds. The van der Waals surface area contributed by atoms with Gasteiger partial charge in [0.15, 0.2) is 0 Å². The average Bonchev–Trinajstić information content (AvgIpc) is 2.42. The van der Waals surface area contributed by atoms with Crippen LogP contribution in [-0.2, 0) is 11.3 Å². The molecule has 2 rings (SSSR count). The van der Waals surface area contributed by atoms with Crippen LogP contribution in [0.2, 0.25) is 5.02 Å². The molecule has 1 N–H and O–H groups in total. The lowest BCUT2D eigenvalue weighted by atomic mass is 10.0. The molecular weight excluding hydrogens is 304 g/mol. The minimum atomic E-state index is -2.93. The Balaban J connectivity index is 2.20. The molecule has 1 fully saturated rings. The number of carboxylic acid groups (broad SMARTS) is 1. The first kappa shape index (κ1) is 16.0. The van der Waals surface area contributed by atoms with E-state index in [1.807, 2.05) is 0 Å². The molecule has 0 aliphatic carbocycles. The monoisotopic (exact) mass is 319 g/mol. The average molecular weight is 320 g/mol. The lowest BCUT2D eigenvalue weighted by molar-refractivity contribution is -0.144. The first-order valence-corrected chi connectivity index (χ1v) is 7.05. The molecule has 1 aromatic carbocycles. The van der Waals surface area contributed by atoms with Gasteiger partial charge in [-0.05, 0) is 37.6 Å². The summed E-state index contributed by atoms with van der Waals surface area (Å²) < 4.78 is 29.3. The van der Waals surface area contributed by atoms with Crippen molar-refractivity contribution >= 4 is 17.6 Å². The van der Waals surface area contributed by atoms with Crippen LogP contribution in [0.4, 0.5) is 8.78 Å². The van der Waals surface area contributed by atoms with E-state index in [-0.39, 0.29) is 12.3 Å². The Kier molecular flexibility index (Phi) is 5.36. The zero-order valence-corrected chi connectivity index (χ0v) is 12.0. The van der Waals surface area contributed by atoms with Crippen molar-refractivity contribution in [3.8, 4) is 5.75 Å². The smallest absolute Gasteiger partial charge is 0.387 e. The Morgan fingerprint density at radius 3 is 2.90 bits per heavy atom. The van der Waals surface area contributed by atoms with E-state index in [0.717, 1.165) is 12.8 Å². The third-order valence-electron chi connectivity index (χ3n) is 3.51. The zero-order chi connectivity index (χ0) is 15.4. The number of carbonyl (C=O) groups is 1. The summed E-state index contributed by atoms with van der Waals surface area (Å²) in [7, 11) is 0. The summed E-state index contributed by atoms with van der Waals surface area (Å²) in [6, 6.07) is 3.78. The van der Waals surface area contributed by atoms with Crippen LogP contribution in [0.25, 0.3) is 0 Å². The van der Waals surface area contributed by atoms with Crippen LogP contribution in [-0.4, -0.2) is 35.2 Å². The fraction of sp³-hybridized carbons (Fsp3) is 0.500. The topological polar surface area (TPSA) is 49.8 Å². The van der Waals surface area contributed by atoms with Crippen molar-refractivity contribution < 1.29 is 23.4 Å². The Labute approximate surface area is 126 Å². The van der Waals surface area contributed by atoms with E-state index in [0.29, 0.717) is 23.6 Å². The Morgan fingerprint density at radius 2 is 2.24 bits per heavy atom. The molecule has 1 saturated heterocycles. The number of piperidine rings is 1. The van der Waals surface area contributed by atoms with Gasteiger partial charge in [0.05, 0.1) is 0 Å². The van der Waals surface area contributed by atoms with E-state index < -0.39 is 18.6 Å². The minimum Gasteiger partial charge on any atom is -0.480 e. The predicted molar refractivity (Wildman–Crippen MR) is 73.8 cm³/mol. The van der Waals surface area contributed by atoms with Gasteiger partial charge < -0.3 is 9.84 Å². The largest absolute Gasteiger partial charge is 0.480 e. The number of aliphatic carboxylic acids is 1. The number of nitrogens with zero attached hydrogens (tertiary/aromatic N) is 1. The first-order valence-electron chi connectivity index (χ1n) is 6.67. The van der Waals surface area contributed by atoms with Gasteiger partial charge in [0.25, 0.3) is 0 Å². The van der Waals surface area contributed by atoms with Crippen LogP contribution in [0.5, 0.6) is 5.75 Å². The lowest BCUT2D eigenvalue weighted by Gasteiger charge is -2.33. The van der Waals surface area contributed by atoms with E-state index >= 15 is 0 Å². The summed E-state index contributed by atoms with van der Waals surface area (Å²) in [6.07, 6.45) is 2.29. The third-order valence-corrected chi connectivity index (χ3v) is 3.75. The van der Waals surface area contributed by atoms with Gasteiger partial charge >= 0.3 is 12.6 Å². The number of halogens is 3. The maximum atomic E-state index is 12.4. The van der Waals surface area contributed by atoms with Gasteiger partial charge in [-0.2, -0.15) is 8.78 Å². The second-order valence-electron chi connectivity index (χ2n) is 4.95. The molecule has 0 bridgehead atoms. The summed E-state index contributed by atoms with van der Waals surface area (Å²) in [5.41, 5.74) is 0.468. The molecule has 0 saturated carbocycles. The van der Waals surface area contributed by atoms with E-state index in [1.54, 1.807) is 4.90 Å². The fourth-order valence-electron chi connectivity index (χ4n) is 2.56. The van der Waals surface area contributed by atoms with E-state index in [2.05, 4.69) is 4.74 Å². The molecule has 1 aliphatic heterocycles. The van der Waals surface area contributed by atoms with E-state index in [1.165, 1.54) is 18.2 Å². The third kappa shape index (κ3) is 4.28. The van der Waals surface area contributed by atoms with Crippen molar-refractivity contribution in [2.45, 2.75) is 38.5 Å². The van der Waals surface area contributed by atoms with Crippen molar-refractivity contribution in [2.24, 2.45) is 0 Å². The highest BCUT2D eigenvalue weighted by Gasteiger charge is 2.29. The molecule has 0 radical (unpaired) electrons. The van der Waals surface area contributed by atoms with Gasteiger partial charge in [0.2, 0.25) is 0 Å². The summed E-state index contributed by atoms with van der Waals surface area (Å²) in [5.74, 6) is -0.864. The van der Waals surface area contributed by atoms with Crippen LogP contribution in [0.15, 0.2) is 18.2 Å². The summed E-state index contributed by atoms with van der Waals surface area (Å²) in [5, 5.41) is 9.64. The van der Waals surface area contributed by atoms with Crippen LogP contribution in [0.3, 0.4) is 0 Å². The van der Waals surface area contributed by atoms with Crippen LogP contribution in [0, 0.1) is 0 Å². The quantitative estimate of drug-likeness (QED) is 0.904. The van der Waals surface area contributed by atoms with Gasteiger partial charge in [-0.3, -0.25) is 9.69 Å². The molecule has 1 unspecified atom stereocenters. The van der Waals surface area contributed by atoms with Crippen LogP contribution >= 0.6 is 11.6 Å². The van der Waals surface area contributed by atoms with Gasteiger partial charge in [-0.1, -0.05) is 18.0 Å². The van der Waals surface area contributed by atoms with Crippen molar-refractivity contribution in [3.05, 3.63) is 28.8 Å². The summed E-state index contributed by atoms with van der Waals surface area (Å²) >= 11 is 5.89. The molecule has 4 nitrogen and oxygen atoms in total. The lowest BCUT2D eigenvalue weighted by Crippen LogP contribution is -2.44. The SMILES string of the molecule is O=C(O)C1CCCCN1Cc1cc(Cl)ccc1OC(F)F. The standard InChI is InChI=1S/C14H16ClF2NO3/c15-10-4-5-12(21-14(16)17)9(7-10)8-18-6-2-1-3-11(18)13(19)20/h4-5,7,11,14H,1-3,6,8H2,(H,19,20). The zero-order valence-electron chi connectivity index (χ0n) is 11.3. The first-order chi connectivity index (χ1) is 9.97. The maximum absolute atomic E-state index is 12.4. The Hall–Kier alpha value is -1.40. The number of carboxylic acids is 1. The predicted octanol–water partition coefficient (Wildman–Crippen LogP) is 3.38. The number of likely N-dealkylation sites (tertiary alicyclic amines) is 1. The number of benzene rings is 1. The Morgan fingerprint density at radius 1 is 1.48 bits per heavy atom. The van der Waals surface area contributed by atoms with Gasteiger partial charge in [0.1, 0.15) is 11.8 Å². The summed E-state index contributed by atoms with van der Waals surface area (Å²) in [6.45, 7) is -2.10. The molecule has 21 heavy (non-hydrogen) atoms. The second kappa shape index (κ2) is 7.04. The number of alkyl halides is 2. The molecule has 7 heteroatoms. The number of rotatable bonds is 5. The van der Waals surface area contributed by atoms with Crippen molar-refractivity contribution in [1.82, 2.24) is 4.90 Å². The minimum absolute atomic E-state index is 0.0316. The molecular formula is C14H16ClF2NO3. The Bertz CT molecular complexity index is 513. The van der Waals surface area contributed by atoms with Crippen LogP contribution < -0.4 is 4.74 Å². The van der Waals surface area contributed by atoms with E-state index in [9.17, 15) is 18.7 Å². The van der Waals surface area contributed by atoms with Crippen molar-refractivity contribution in [2.75, 3.05) is 6.54 Å². The molecule has 0 aromatic heterocycles. The normalized spacial score (nSPS) is 19.7. The highest BCUT2D eigenvalue weighted by atomic mass is 35.5. The molecule has 1 aromatic rings. The molecule has 116 valence electrons. The molecule has 1 aliphatic rings. The van der Waals surface area contributed by atoms with Gasteiger partial charge in [-0.25, -0.2) is 0 Å². The maximum Gasteiger partial charge on any atom is 0.387 e.